The van der Waals surface area contributed by atoms with Crippen LogP contribution in [0.4, 0.5) is 0 Å². The van der Waals surface area contributed by atoms with E-state index in [1.54, 1.807) is 0 Å². The Morgan fingerprint density at radius 3 is 0.833 bits per heavy atom. The van der Waals surface area contributed by atoms with Gasteiger partial charge in [0.2, 0.25) is 0 Å². The molecular formula is C4H15Bi2. The van der Waals surface area contributed by atoms with Crippen LogP contribution in [0.3, 0.4) is 0 Å². The molecular weight excluding hydrogens is 466 g/mol. The van der Waals surface area contributed by atoms with E-state index in [2.05, 4.69) is 20.8 Å². The summed E-state index contributed by atoms with van der Waals surface area (Å²) in [4.78, 5) is 0. The minimum absolute atomic E-state index is 0. The van der Waals surface area contributed by atoms with Crippen molar-refractivity contribution in [2.24, 2.45) is 0 Å². The Morgan fingerprint density at radius 2 is 0.833 bits per heavy atom. The molecule has 0 N–H and O–H groups in total. The summed E-state index contributed by atoms with van der Waals surface area (Å²) in [7, 11) is 0. The quantitative estimate of drug-likeness (QED) is 0.400. The van der Waals surface area contributed by atoms with Crippen LogP contribution in [0.25, 0.3) is 0 Å². The summed E-state index contributed by atoms with van der Waals surface area (Å²) in [5.41, 5.74) is 0. The van der Waals surface area contributed by atoms with E-state index in [1.807, 2.05) is 0 Å². The van der Waals surface area contributed by atoms with Gasteiger partial charge in [0.1, 0.15) is 0 Å². The third-order valence-electron chi connectivity index (χ3n) is 0. The zero-order valence-electron chi connectivity index (χ0n) is 4.91. The molecule has 0 amide bonds. The van der Waals surface area contributed by atoms with Gasteiger partial charge >= 0.3 is 52.4 Å². The van der Waals surface area contributed by atoms with Gasteiger partial charge in [0.25, 0.3) is 0 Å². The van der Waals surface area contributed by atoms with Crippen molar-refractivity contribution in [3.63, 3.8) is 0 Å². The fourth-order valence-corrected chi connectivity index (χ4v) is 0. The molecule has 0 atom stereocenters. The van der Waals surface area contributed by atoms with Crippen LogP contribution in [-0.2, 0) is 0 Å². The van der Waals surface area contributed by atoms with Crippen molar-refractivity contribution < 1.29 is 0 Å². The molecule has 41 valence electrons. The van der Waals surface area contributed by atoms with Gasteiger partial charge < -0.3 is 0 Å². The molecule has 0 fully saturated rings. The molecule has 0 saturated carbocycles. The number of hydrogen-bond acceptors (Lipinski definition) is 0. The van der Waals surface area contributed by atoms with Crippen molar-refractivity contribution >= 4 is 52.4 Å². The van der Waals surface area contributed by atoms with E-state index in [1.165, 1.54) is 5.92 Å². The second kappa shape index (κ2) is 9.90. The minimum atomic E-state index is 0. The predicted octanol–water partition coefficient (Wildman–Crippen LogP) is -0.747. The SMILES string of the molecule is C[C](C)C.[BiH3].[BiH3]. The average molecular weight is 481 g/mol. The molecule has 0 heterocycles. The maximum atomic E-state index is 2.08. The molecule has 0 aliphatic heterocycles. The van der Waals surface area contributed by atoms with Crippen LogP contribution < -0.4 is 0 Å². The van der Waals surface area contributed by atoms with E-state index in [9.17, 15) is 0 Å². The summed E-state index contributed by atoms with van der Waals surface area (Å²) in [6.07, 6.45) is 0. The molecule has 0 saturated heterocycles. The van der Waals surface area contributed by atoms with Gasteiger partial charge in [0, 0.05) is 0 Å². The summed E-state index contributed by atoms with van der Waals surface area (Å²) in [5, 5.41) is 0. The van der Waals surface area contributed by atoms with Crippen molar-refractivity contribution in [2.75, 3.05) is 0 Å². The molecule has 2 heteroatoms. The number of rotatable bonds is 0. The Kier molecular flexibility index (Phi) is 25.8. The van der Waals surface area contributed by atoms with Crippen LogP contribution in [0.2, 0.25) is 0 Å². The van der Waals surface area contributed by atoms with E-state index in [0.717, 1.165) is 0 Å². The molecule has 1 radical (unpaired) electrons. The monoisotopic (exact) mass is 481 g/mol. The third kappa shape index (κ3) is 42.0. The predicted molar refractivity (Wildman–Crippen MR) is 40.1 cm³/mol. The molecule has 0 bridgehead atoms. The first-order valence-electron chi connectivity index (χ1n) is 1.50. The van der Waals surface area contributed by atoms with Gasteiger partial charge in [0.15, 0.2) is 0 Å². The van der Waals surface area contributed by atoms with Crippen LogP contribution in [0.5, 0.6) is 0 Å². The molecule has 6 heavy (non-hydrogen) atoms. The van der Waals surface area contributed by atoms with Crippen LogP contribution in [0.1, 0.15) is 20.8 Å². The molecule has 0 unspecified atom stereocenters. The normalized spacial score (nSPS) is 6.00. The summed E-state index contributed by atoms with van der Waals surface area (Å²) < 4.78 is 0. The van der Waals surface area contributed by atoms with Gasteiger partial charge in [-0.1, -0.05) is 20.8 Å². The van der Waals surface area contributed by atoms with Crippen molar-refractivity contribution in [2.45, 2.75) is 20.8 Å². The van der Waals surface area contributed by atoms with Gasteiger partial charge in [-0.3, -0.25) is 0 Å². The first kappa shape index (κ1) is 15.7. The van der Waals surface area contributed by atoms with E-state index in [0.29, 0.717) is 0 Å². The standard InChI is InChI=1S/C4H9.2Bi.6H/c1-4(2)3;;;;;;;;/h1-3H3;;;;;;;;. The van der Waals surface area contributed by atoms with Gasteiger partial charge in [-0.2, -0.15) is 0 Å². The van der Waals surface area contributed by atoms with E-state index in [4.69, 9.17) is 0 Å². The van der Waals surface area contributed by atoms with E-state index >= 15 is 0 Å². The van der Waals surface area contributed by atoms with Crippen molar-refractivity contribution in [3.05, 3.63) is 5.92 Å². The first-order valence-corrected chi connectivity index (χ1v) is 1.50. The summed E-state index contributed by atoms with van der Waals surface area (Å²) >= 11 is 0. The molecule has 0 aliphatic carbocycles. The van der Waals surface area contributed by atoms with E-state index < -0.39 is 0 Å². The van der Waals surface area contributed by atoms with Crippen LogP contribution in [-0.4, -0.2) is 52.4 Å². The Morgan fingerprint density at radius 1 is 0.833 bits per heavy atom. The van der Waals surface area contributed by atoms with Crippen molar-refractivity contribution in [3.8, 4) is 0 Å². The molecule has 0 nitrogen and oxygen atoms in total. The zero-order chi connectivity index (χ0) is 3.58. The maximum absolute atomic E-state index is 2.08. The van der Waals surface area contributed by atoms with Crippen molar-refractivity contribution in [1.29, 1.82) is 0 Å². The van der Waals surface area contributed by atoms with Gasteiger partial charge in [-0.05, 0) is 5.92 Å². The first-order chi connectivity index (χ1) is 1.73. The molecule has 0 aromatic carbocycles. The summed E-state index contributed by atoms with van der Waals surface area (Å²) in [6, 6.07) is 0. The fraction of sp³-hybridized carbons (Fsp3) is 0.750. The third-order valence-corrected chi connectivity index (χ3v) is 0. The second-order valence-electron chi connectivity index (χ2n) is 1.50. The average Bonchev–Trinajstić information content (AvgIpc) is 0.811. The molecule has 0 aliphatic rings. The summed E-state index contributed by atoms with van der Waals surface area (Å²) in [6.45, 7) is 6.25. The molecule has 0 rings (SSSR count). The van der Waals surface area contributed by atoms with Crippen LogP contribution in [0.15, 0.2) is 0 Å². The Hall–Kier alpha value is 1.77. The van der Waals surface area contributed by atoms with Gasteiger partial charge in [0.05, 0.1) is 0 Å². The Balaban J connectivity index is -0.0000000450. The second-order valence-corrected chi connectivity index (χ2v) is 1.50. The Labute approximate surface area is 78.3 Å². The van der Waals surface area contributed by atoms with Crippen LogP contribution >= 0.6 is 0 Å². The number of hydrogen-bond donors (Lipinski definition) is 0. The van der Waals surface area contributed by atoms with E-state index in [-0.39, 0.29) is 52.4 Å². The molecule has 0 aromatic heterocycles. The topological polar surface area (TPSA) is 0 Å². The van der Waals surface area contributed by atoms with Gasteiger partial charge in [-0.25, -0.2) is 0 Å². The molecule has 0 spiro atoms. The van der Waals surface area contributed by atoms with Crippen LogP contribution in [0, 0.1) is 5.92 Å². The Bertz CT molecular complexity index is 10.3. The fourth-order valence-electron chi connectivity index (χ4n) is 0. The molecule has 0 aromatic rings. The van der Waals surface area contributed by atoms with Gasteiger partial charge in [-0.15, -0.1) is 0 Å². The zero-order valence-corrected chi connectivity index (χ0v) is 15.9. The summed E-state index contributed by atoms with van der Waals surface area (Å²) in [5.74, 6) is 1.42. The van der Waals surface area contributed by atoms with Crippen molar-refractivity contribution in [1.82, 2.24) is 0 Å².